The van der Waals surface area contributed by atoms with Crippen LogP contribution >= 0.6 is 27.5 Å². The number of nitrogens with zero attached hydrogens (tertiary/aromatic N) is 2. The van der Waals surface area contributed by atoms with Gasteiger partial charge in [-0.2, -0.15) is 0 Å². The molecule has 0 radical (unpaired) electrons. The highest BCUT2D eigenvalue weighted by atomic mass is 79.9. The van der Waals surface area contributed by atoms with E-state index < -0.39 is 5.92 Å². The van der Waals surface area contributed by atoms with Gasteiger partial charge in [0.2, 0.25) is 11.8 Å². The van der Waals surface area contributed by atoms with Gasteiger partial charge in [-0.3, -0.25) is 14.5 Å². The van der Waals surface area contributed by atoms with Gasteiger partial charge in [0.15, 0.2) is 0 Å². The summed E-state index contributed by atoms with van der Waals surface area (Å²) in [5, 5.41) is 0.579. The summed E-state index contributed by atoms with van der Waals surface area (Å²) in [7, 11) is 0. The summed E-state index contributed by atoms with van der Waals surface area (Å²) in [5.74, 6) is -0.983. The number of fused-ring (bicyclic) bond motifs is 4. The van der Waals surface area contributed by atoms with Gasteiger partial charge in [0.25, 0.3) is 0 Å². The van der Waals surface area contributed by atoms with E-state index in [1.165, 1.54) is 16.0 Å². The van der Waals surface area contributed by atoms with Gasteiger partial charge in [0.1, 0.15) is 0 Å². The summed E-state index contributed by atoms with van der Waals surface area (Å²) in [5.41, 5.74) is 4.22. The summed E-state index contributed by atoms with van der Waals surface area (Å²) >= 11 is 9.56. The van der Waals surface area contributed by atoms with Gasteiger partial charge >= 0.3 is 0 Å². The van der Waals surface area contributed by atoms with Gasteiger partial charge < -0.3 is 0 Å². The number of carbonyl (C=O) groups excluding carboxylic acids is 2. The molecule has 0 saturated carbocycles. The fraction of sp³-hybridized carbons (Fsp3) is 0.231. The van der Waals surface area contributed by atoms with Gasteiger partial charge in [-0.25, -0.2) is 4.90 Å². The molecule has 0 aliphatic carbocycles. The van der Waals surface area contributed by atoms with E-state index in [0.29, 0.717) is 10.7 Å². The number of hydrogen-bond acceptors (Lipinski definition) is 3. The van der Waals surface area contributed by atoms with Crippen molar-refractivity contribution in [2.75, 3.05) is 4.90 Å². The monoisotopic (exact) mass is 506 g/mol. The van der Waals surface area contributed by atoms with Crippen molar-refractivity contribution in [1.82, 2.24) is 4.90 Å². The molecule has 3 aromatic carbocycles. The van der Waals surface area contributed by atoms with E-state index in [2.05, 4.69) is 57.2 Å². The molecule has 0 N–H and O–H groups in total. The summed E-state index contributed by atoms with van der Waals surface area (Å²) < 4.78 is 0.993. The fourth-order valence-electron chi connectivity index (χ4n) is 5.76. The Labute approximate surface area is 199 Å². The van der Waals surface area contributed by atoms with Crippen LogP contribution < -0.4 is 4.90 Å². The first-order valence-electron chi connectivity index (χ1n) is 10.7. The largest absolute Gasteiger partial charge is 0.287 e. The van der Waals surface area contributed by atoms with Gasteiger partial charge in [0.05, 0.1) is 17.5 Å². The Morgan fingerprint density at radius 3 is 2.19 bits per heavy atom. The first kappa shape index (κ1) is 20.2. The molecule has 0 aromatic heterocycles. The number of anilines is 1. The molecular formula is C26H20BrClN2O2. The third-order valence-corrected chi connectivity index (χ3v) is 7.91. The van der Waals surface area contributed by atoms with Crippen molar-refractivity contribution in [2.24, 2.45) is 11.8 Å². The standard InChI is InChI=1S/C26H20BrClN2O2/c27-18-7-5-15(6-8-18)24-23-22(21-13-16-3-1-2-4-17(16)14-29(21)24)25(31)30(26(23)32)20-11-9-19(28)10-12-20/h1-12,21-24H,13-14H2/t21-,22+,23+,24-/m0/s1. The summed E-state index contributed by atoms with van der Waals surface area (Å²) in [6.45, 7) is 0.746. The van der Waals surface area contributed by atoms with E-state index in [4.69, 9.17) is 11.6 Å². The Balaban J connectivity index is 1.47. The second-order valence-corrected chi connectivity index (χ2v) is 10.1. The maximum Gasteiger partial charge on any atom is 0.239 e. The molecule has 4 atom stereocenters. The molecule has 2 fully saturated rings. The molecule has 2 amide bonds. The van der Waals surface area contributed by atoms with Gasteiger partial charge in [-0.15, -0.1) is 0 Å². The molecule has 0 bridgehead atoms. The van der Waals surface area contributed by atoms with Gasteiger partial charge in [-0.05, 0) is 59.5 Å². The molecule has 2 saturated heterocycles. The van der Waals surface area contributed by atoms with Crippen LogP contribution in [0.3, 0.4) is 0 Å². The number of amides is 2. The smallest absolute Gasteiger partial charge is 0.239 e. The predicted octanol–water partition coefficient (Wildman–Crippen LogP) is 5.39. The number of rotatable bonds is 2. The van der Waals surface area contributed by atoms with Gasteiger partial charge in [0, 0.05) is 28.1 Å². The van der Waals surface area contributed by atoms with E-state index in [9.17, 15) is 9.59 Å². The molecule has 32 heavy (non-hydrogen) atoms. The Hall–Kier alpha value is -2.47. The van der Waals surface area contributed by atoms with Crippen LogP contribution in [0.2, 0.25) is 5.02 Å². The van der Waals surface area contributed by atoms with Crippen molar-refractivity contribution in [3.05, 3.63) is 99.0 Å². The predicted molar refractivity (Wildman–Crippen MR) is 127 cm³/mol. The molecular weight excluding hydrogens is 488 g/mol. The Morgan fingerprint density at radius 1 is 0.812 bits per heavy atom. The lowest BCUT2D eigenvalue weighted by Crippen LogP contribution is -2.44. The third-order valence-electron chi connectivity index (χ3n) is 7.13. The minimum Gasteiger partial charge on any atom is -0.287 e. The van der Waals surface area contributed by atoms with Crippen molar-refractivity contribution in [2.45, 2.75) is 25.0 Å². The lowest BCUT2D eigenvalue weighted by Gasteiger charge is -2.38. The highest BCUT2D eigenvalue weighted by molar-refractivity contribution is 9.10. The molecule has 0 unspecified atom stereocenters. The van der Waals surface area contributed by atoms with Crippen LogP contribution in [0.4, 0.5) is 5.69 Å². The average Bonchev–Trinajstić information content (AvgIpc) is 3.26. The fourth-order valence-corrected chi connectivity index (χ4v) is 6.15. The highest BCUT2D eigenvalue weighted by Gasteiger charge is 2.63. The topological polar surface area (TPSA) is 40.6 Å². The Morgan fingerprint density at radius 2 is 1.47 bits per heavy atom. The van der Waals surface area contributed by atoms with Crippen molar-refractivity contribution in [3.63, 3.8) is 0 Å². The highest BCUT2D eigenvalue weighted by Crippen LogP contribution is 2.53. The summed E-state index contributed by atoms with van der Waals surface area (Å²) in [4.78, 5) is 31.3. The number of benzene rings is 3. The van der Waals surface area contributed by atoms with Crippen LogP contribution in [-0.4, -0.2) is 22.8 Å². The number of carbonyl (C=O) groups is 2. The van der Waals surface area contributed by atoms with Gasteiger partial charge in [-0.1, -0.05) is 63.9 Å². The van der Waals surface area contributed by atoms with Crippen molar-refractivity contribution in [1.29, 1.82) is 0 Å². The number of imide groups is 1. The molecule has 160 valence electrons. The zero-order valence-corrected chi connectivity index (χ0v) is 19.5. The van der Waals surface area contributed by atoms with E-state index >= 15 is 0 Å². The quantitative estimate of drug-likeness (QED) is 0.437. The molecule has 4 nitrogen and oxygen atoms in total. The van der Waals surface area contributed by atoms with Crippen LogP contribution in [0.15, 0.2) is 77.3 Å². The zero-order chi connectivity index (χ0) is 22.0. The molecule has 6 heteroatoms. The summed E-state index contributed by atoms with van der Waals surface area (Å²) in [6.07, 6.45) is 0.776. The minimum absolute atomic E-state index is 0.00250. The van der Waals surface area contributed by atoms with Crippen molar-refractivity contribution in [3.8, 4) is 0 Å². The second-order valence-electron chi connectivity index (χ2n) is 8.75. The lowest BCUT2D eigenvalue weighted by molar-refractivity contribution is -0.124. The van der Waals surface area contributed by atoms with E-state index in [1.807, 2.05) is 12.1 Å². The molecule has 6 rings (SSSR count). The zero-order valence-electron chi connectivity index (χ0n) is 17.1. The van der Waals surface area contributed by atoms with E-state index in [1.54, 1.807) is 24.3 Å². The van der Waals surface area contributed by atoms with E-state index in [-0.39, 0.29) is 29.8 Å². The second kappa shape index (κ2) is 7.55. The number of hydrogen-bond donors (Lipinski definition) is 0. The van der Waals surface area contributed by atoms with Crippen molar-refractivity contribution >= 4 is 45.0 Å². The average molecular weight is 508 g/mol. The third kappa shape index (κ3) is 2.99. The maximum atomic E-state index is 13.8. The van der Waals surface area contributed by atoms with E-state index in [0.717, 1.165) is 23.0 Å². The van der Waals surface area contributed by atoms with Crippen LogP contribution in [0.5, 0.6) is 0 Å². The lowest BCUT2D eigenvalue weighted by atomic mass is 9.84. The molecule has 3 aliphatic rings. The van der Waals surface area contributed by atoms with Crippen LogP contribution in [0, 0.1) is 11.8 Å². The molecule has 3 aromatic rings. The molecule has 3 aliphatic heterocycles. The minimum atomic E-state index is -0.404. The number of halogens is 2. The van der Waals surface area contributed by atoms with Crippen LogP contribution in [-0.2, 0) is 22.6 Å². The molecule has 0 spiro atoms. The normalized spacial score (nSPS) is 26.8. The first-order valence-corrected chi connectivity index (χ1v) is 11.9. The summed E-state index contributed by atoms with van der Waals surface area (Å²) in [6, 6.07) is 23.4. The Bertz CT molecular complexity index is 1230. The maximum absolute atomic E-state index is 13.8. The van der Waals surface area contributed by atoms with Crippen LogP contribution in [0.25, 0.3) is 0 Å². The molecule has 3 heterocycles. The Kier molecular flexibility index (Phi) is 4.75. The van der Waals surface area contributed by atoms with Crippen molar-refractivity contribution < 1.29 is 9.59 Å². The van der Waals surface area contributed by atoms with Crippen LogP contribution in [0.1, 0.15) is 22.7 Å². The first-order chi connectivity index (χ1) is 15.5. The SMILES string of the molecule is O=C1[C@@H]2[C@H](C(=O)N1c1ccc(Cl)cc1)[C@@H]1Cc3ccccc3CN1[C@H]2c1ccc(Br)cc1.